The monoisotopic (exact) mass is 516 g/mol. The van der Waals surface area contributed by atoms with Crippen molar-refractivity contribution in [3.8, 4) is 33.6 Å². The van der Waals surface area contributed by atoms with Crippen LogP contribution in [0.15, 0.2) is 83.0 Å². The highest BCUT2D eigenvalue weighted by Gasteiger charge is 2.18. The Morgan fingerprint density at radius 2 is 1.89 bits per heavy atom. The number of aromatic amines is 1. The summed E-state index contributed by atoms with van der Waals surface area (Å²) in [5, 5.41) is 16.7. The van der Waals surface area contributed by atoms with Crippen molar-refractivity contribution in [2.24, 2.45) is 0 Å². The first kappa shape index (κ1) is 23.3. The number of nitriles is 1. The number of hydrogen-bond donors (Lipinski definition) is 1. The third-order valence-electron chi connectivity index (χ3n) is 6.00. The maximum atomic E-state index is 12.8. The van der Waals surface area contributed by atoms with Crippen LogP contribution in [0.3, 0.4) is 0 Å². The Labute approximate surface area is 221 Å². The van der Waals surface area contributed by atoms with E-state index in [4.69, 9.17) is 4.74 Å². The van der Waals surface area contributed by atoms with Crippen molar-refractivity contribution >= 4 is 23.2 Å². The molecule has 4 heterocycles. The molecule has 8 nitrogen and oxygen atoms in total. The second kappa shape index (κ2) is 9.76. The zero-order valence-corrected chi connectivity index (χ0v) is 21.1. The zero-order chi connectivity index (χ0) is 26.1. The molecule has 0 amide bonds. The summed E-state index contributed by atoms with van der Waals surface area (Å²) in [5.41, 5.74) is 4.36. The number of thiophene rings is 1. The minimum atomic E-state index is -0.306. The molecule has 0 saturated heterocycles. The molecule has 0 saturated carbocycles. The number of ether oxygens (including phenoxy) is 1. The van der Waals surface area contributed by atoms with Gasteiger partial charge in [0.15, 0.2) is 12.4 Å². The molecule has 0 atom stereocenters. The first-order chi connectivity index (χ1) is 18.6. The van der Waals surface area contributed by atoms with Crippen LogP contribution in [-0.2, 0) is 6.61 Å². The number of hydrogen-bond acceptors (Lipinski definition) is 7. The Bertz CT molecular complexity index is 1900. The minimum absolute atomic E-state index is 0.0599. The molecule has 9 heteroatoms. The number of aromatic nitrogens is 5. The number of imidazole rings is 1. The van der Waals surface area contributed by atoms with E-state index in [0.717, 1.165) is 27.1 Å². The molecule has 0 aliphatic heterocycles. The van der Waals surface area contributed by atoms with Gasteiger partial charge in [-0.15, -0.1) is 16.4 Å². The van der Waals surface area contributed by atoms with Gasteiger partial charge in [-0.05, 0) is 41.6 Å². The zero-order valence-electron chi connectivity index (χ0n) is 20.3. The van der Waals surface area contributed by atoms with E-state index in [1.165, 1.54) is 4.52 Å². The Hall–Kier alpha value is -5.07. The highest BCUT2D eigenvalue weighted by atomic mass is 32.1. The summed E-state index contributed by atoms with van der Waals surface area (Å²) in [6.07, 6.45) is 1.75. The van der Waals surface area contributed by atoms with Crippen LogP contribution in [0.5, 0.6) is 5.88 Å². The van der Waals surface area contributed by atoms with E-state index in [2.05, 4.69) is 26.1 Å². The van der Waals surface area contributed by atoms with E-state index in [9.17, 15) is 10.1 Å². The van der Waals surface area contributed by atoms with Gasteiger partial charge in [0, 0.05) is 5.56 Å². The fourth-order valence-corrected chi connectivity index (χ4v) is 4.80. The van der Waals surface area contributed by atoms with Crippen molar-refractivity contribution in [1.82, 2.24) is 24.6 Å². The van der Waals surface area contributed by atoms with Crippen LogP contribution in [0.25, 0.3) is 33.6 Å². The van der Waals surface area contributed by atoms with Crippen molar-refractivity contribution in [2.75, 3.05) is 0 Å². The van der Waals surface area contributed by atoms with Crippen molar-refractivity contribution < 1.29 is 4.74 Å². The number of nitrogens with one attached hydrogen (secondary N) is 1. The Kier molecular flexibility index (Phi) is 6.00. The van der Waals surface area contributed by atoms with Crippen LogP contribution >= 0.6 is 11.3 Å². The molecule has 0 aliphatic carbocycles. The maximum absolute atomic E-state index is 12.8. The fraction of sp³-hybridized carbons (Fsp3) is 0.0690. The Morgan fingerprint density at radius 1 is 1.08 bits per heavy atom. The SMILES string of the molecule is Cc1ccc(-c2cc(-c3cccs3)nc(OCc3nc4[nH]/c(=C/c5ccccc5)c(=O)n4n3)c2C#N)cc1. The van der Waals surface area contributed by atoms with Crippen molar-refractivity contribution in [1.29, 1.82) is 5.26 Å². The molecule has 1 N–H and O–H groups in total. The number of fused-ring (bicyclic) bond motifs is 1. The summed E-state index contributed by atoms with van der Waals surface area (Å²) in [6.45, 7) is 1.96. The molecular formula is C29H20N6O2S. The number of aryl methyl sites for hydroxylation is 1. The predicted octanol–water partition coefficient (Wildman–Crippen LogP) is 4.51. The molecule has 0 aliphatic rings. The molecule has 0 fully saturated rings. The molecular weight excluding hydrogens is 496 g/mol. The lowest BCUT2D eigenvalue weighted by Crippen LogP contribution is -2.26. The van der Waals surface area contributed by atoms with Gasteiger partial charge in [-0.2, -0.15) is 14.8 Å². The standard InChI is InChI=1S/C29H20N6O2S/c1-18-9-11-20(12-10-18)21-15-23(25-8-5-13-38-25)31-27(22(21)16-30)37-17-26-33-29-32-24(28(36)35(29)34-26)14-19-6-3-2-4-7-19/h2-15H,17H2,1H3,(H,32,33,34)/b24-14+. The second-order valence-corrected chi connectivity index (χ2v) is 9.59. The Morgan fingerprint density at radius 3 is 2.61 bits per heavy atom. The molecule has 4 aromatic heterocycles. The average molecular weight is 517 g/mol. The van der Waals surface area contributed by atoms with Crippen molar-refractivity contribution in [3.63, 3.8) is 0 Å². The van der Waals surface area contributed by atoms with E-state index in [1.807, 2.05) is 85.1 Å². The molecule has 0 spiro atoms. The summed E-state index contributed by atoms with van der Waals surface area (Å²) >= 11 is 1.56. The van der Waals surface area contributed by atoms with Crippen LogP contribution < -0.4 is 15.6 Å². The summed E-state index contributed by atoms with van der Waals surface area (Å²) in [5.74, 6) is 0.800. The molecule has 0 radical (unpaired) electrons. The number of H-pyrrole nitrogens is 1. The largest absolute Gasteiger partial charge is 0.468 e. The van der Waals surface area contributed by atoms with Gasteiger partial charge >= 0.3 is 0 Å². The quantitative estimate of drug-likeness (QED) is 0.349. The minimum Gasteiger partial charge on any atom is -0.468 e. The number of pyridine rings is 1. The van der Waals surface area contributed by atoms with Gasteiger partial charge in [0.25, 0.3) is 5.56 Å². The first-order valence-electron chi connectivity index (χ1n) is 11.8. The second-order valence-electron chi connectivity index (χ2n) is 8.64. The van der Waals surface area contributed by atoms with Crippen LogP contribution in [-0.4, -0.2) is 24.6 Å². The van der Waals surface area contributed by atoms with E-state index >= 15 is 0 Å². The van der Waals surface area contributed by atoms with Gasteiger partial charge in [-0.1, -0.05) is 66.2 Å². The van der Waals surface area contributed by atoms with Crippen LogP contribution in [0.1, 0.15) is 22.5 Å². The van der Waals surface area contributed by atoms with Crippen molar-refractivity contribution in [2.45, 2.75) is 13.5 Å². The van der Waals surface area contributed by atoms with E-state index < -0.39 is 0 Å². The third-order valence-corrected chi connectivity index (χ3v) is 6.90. The molecule has 6 aromatic rings. The summed E-state index contributed by atoms with van der Waals surface area (Å²) < 4.78 is 7.23. The first-order valence-corrected chi connectivity index (χ1v) is 12.7. The summed E-state index contributed by atoms with van der Waals surface area (Å²) in [6, 6.07) is 25.6. The van der Waals surface area contributed by atoms with Crippen molar-refractivity contribution in [3.05, 3.63) is 116 Å². The number of nitrogens with zero attached hydrogens (tertiary/aromatic N) is 5. The number of rotatable bonds is 6. The van der Waals surface area contributed by atoms with Crippen LogP contribution in [0.2, 0.25) is 0 Å². The lowest BCUT2D eigenvalue weighted by molar-refractivity contribution is 0.284. The van der Waals surface area contributed by atoms with Gasteiger partial charge in [-0.3, -0.25) is 4.79 Å². The molecule has 0 bridgehead atoms. The summed E-state index contributed by atoms with van der Waals surface area (Å²) in [7, 11) is 0. The fourth-order valence-electron chi connectivity index (χ4n) is 4.12. The third kappa shape index (κ3) is 4.45. The van der Waals surface area contributed by atoms with Crippen LogP contribution in [0.4, 0.5) is 0 Å². The van der Waals surface area contributed by atoms with Gasteiger partial charge in [-0.25, -0.2) is 4.98 Å². The maximum Gasteiger partial charge on any atom is 0.297 e. The molecule has 184 valence electrons. The smallest absolute Gasteiger partial charge is 0.297 e. The van der Waals surface area contributed by atoms with Gasteiger partial charge in [0.05, 0.1) is 10.6 Å². The van der Waals surface area contributed by atoms with E-state index in [0.29, 0.717) is 28.2 Å². The molecule has 2 aromatic carbocycles. The molecule has 6 rings (SSSR count). The molecule has 0 unspecified atom stereocenters. The van der Waals surface area contributed by atoms with Gasteiger partial charge < -0.3 is 9.72 Å². The lowest BCUT2D eigenvalue weighted by atomic mass is 9.99. The Balaban J connectivity index is 1.35. The van der Waals surface area contributed by atoms with E-state index in [-0.39, 0.29) is 18.0 Å². The normalized spacial score (nSPS) is 11.6. The van der Waals surface area contributed by atoms with Gasteiger partial charge in [0.2, 0.25) is 11.7 Å². The number of benzene rings is 2. The average Bonchev–Trinajstić information content (AvgIpc) is 3.67. The lowest BCUT2D eigenvalue weighted by Gasteiger charge is -2.12. The predicted molar refractivity (Wildman–Crippen MR) is 146 cm³/mol. The topological polar surface area (TPSA) is 109 Å². The molecule has 38 heavy (non-hydrogen) atoms. The van der Waals surface area contributed by atoms with Gasteiger partial charge in [0.1, 0.15) is 17.0 Å². The highest BCUT2D eigenvalue weighted by Crippen LogP contribution is 2.35. The van der Waals surface area contributed by atoms with Crippen LogP contribution in [0, 0.1) is 18.3 Å². The highest BCUT2D eigenvalue weighted by molar-refractivity contribution is 7.13. The van der Waals surface area contributed by atoms with E-state index in [1.54, 1.807) is 17.4 Å². The summed E-state index contributed by atoms with van der Waals surface area (Å²) in [4.78, 5) is 25.9.